The highest BCUT2D eigenvalue weighted by atomic mass is 16.5. The number of carbonyl (C=O) groups is 3. The van der Waals surface area contributed by atoms with Gasteiger partial charge in [0, 0.05) is 25.4 Å². The number of nitrogens with zero attached hydrogens (tertiary/aromatic N) is 1. The highest BCUT2D eigenvalue weighted by Crippen LogP contribution is 2.55. The summed E-state index contributed by atoms with van der Waals surface area (Å²) in [5, 5.41) is 6.16. The van der Waals surface area contributed by atoms with Gasteiger partial charge in [-0.3, -0.25) is 14.4 Å². The Morgan fingerprint density at radius 3 is 2.62 bits per heavy atom. The number of nitrogens with one attached hydrogen (secondary N) is 2. The molecular weight excluding hydrogens is 474 g/mol. The van der Waals surface area contributed by atoms with Gasteiger partial charge in [-0.1, -0.05) is 31.9 Å². The van der Waals surface area contributed by atoms with E-state index in [1.807, 2.05) is 19.1 Å². The third-order valence-corrected chi connectivity index (χ3v) is 8.33. The molecule has 0 aromatic heterocycles. The SMILES string of the molecule is CCOc1ccc(NC(=O)C2[C@@H]3C=CC4(O3)C(C(=O)NC3CCCCC3C)N(CCOC)C(=O)[C@H]24)cc1. The molecule has 4 aliphatic rings. The van der Waals surface area contributed by atoms with Crippen molar-refractivity contribution in [2.45, 2.75) is 63.3 Å². The molecule has 1 aromatic carbocycles. The van der Waals surface area contributed by atoms with E-state index in [0.29, 0.717) is 24.0 Å². The van der Waals surface area contributed by atoms with E-state index in [1.165, 1.54) is 6.42 Å². The molecule has 3 heterocycles. The lowest BCUT2D eigenvalue weighted by Gasteiger charge is -2.35. The zero-order valence-corrected chi connectivity index (χ0v) is 21.8. The van der Waals surface area contributed by atoms with E-state index in [4.69, 9.17) is 14.2 Å². The molecule has 5 rings (SSSR count). The molecule has 2 saturated heterocycles. The lowest BCUT2D eigenvalue weighted by atomic mass is 9.74. The molecule has 1 saturated carbocycles. The van der Waals surface area contributed by atoms with E-state index in [9.17, 15) is 14.4 Å². The van der Waals surface area contributed by atoms with Crippen LogP contribution in [0.4, 0.5) is 5.69 Å². The van der Waals surface area contributed by atoms with Crippen LogP contribution >= 0.6 is 0 Å². The predicted molar refractivity (Wildman–Crippen MR) is 137 cm³/mol. The van der Waals surface area contributed by atoms with Crippen molar-refractivity contribution in [1.82, 2.24) is 10.2 Å². The molecule has 2 N–H and O–H groups in total. The minimum absolute atomic E-state index is 0.0671. The molecule has 9 nitrogen and oxygen atoms in total. The summed E-state index contributed by atoms with van der Waals surface area (Å²) in [5.41, 5.74) is -0.560. The number of ether oxygens (including phenoxy) is 3. The second kappa shape index (κ2) is 10.5. The minimum Gasteiger partial charge on any atom is -0.494 e. The first-order valence-corrected chi connectivity index (χ1v) is 13.4. The molecule has 37 heavy (non-hydrogen) atoms. The predicted octanol–water partition coefficient (Wildman–Crippen LogP) is 2.52. The number of fused-ring (bicyclic) bond motifs is 1. The van der Waals surface area contributed by atoms with E-state index in [0.717, 1.165) is 19.3 Å². The van der Waals surface area contributed by atoms with Crippen molar-refractivity contribution in [1.29, 1.82) is 0 Å². The second-order valence-electron chi connectivity index (χ2n) is 10.5. The fourth-order valence-corrected chi connectivity index (χ4v) is 6.52. The van der Waals surface area contributed by atoms with Crippen molar-refractivity contribution in [3.63, 3.8) is 0 Å². The van der Waals surface area contributed by atoms with Crippen molar-refractivity contribution >= 4 is 23.4 Å². The summed E-state index contributed by atoms with van der Waals surface area (Å²) in [6.07, 6.45) is 7.34. The van der Waals surface area contributed by atoms with Gasteiger partial charge in [-0.2, -0.15) is 0 Å². The summed E-state index contributed by atoms with van der Waals surface area (Å²) in [7, 11) is 1.56. The zero-order chi connectivity index (χ0) is 26.2. The maximum absolute atomic E-state index is 13.8. The fourth-order valence-electron chi connectivity index (χ4n) is 6.52. The Morgan fingerprint density at radius 2 is 1.92 bits per heavy atom. The van der Waals surface area contributed by atoms with Gasteiger partial charge in [-0.25, -0.2) is 0 Å². The molecule has 200 valence electrons. The molecule has 9 heteroatoms. The van der Waals surface area contributed by atoms with Gasteiger partial charge in [0.05, 0.1) is 31.2 Å². The largest absolute Gasteiger partial charge is 0.494 e. The van der Waals surface area contributed by atoms with Crippen molar-refractivity contribution in [3.05, 3.63) is 36.4 Å². The Hall–Kier alpha value is -2.91. The molecule has 3 fully saturated rings. The van der Waals surface area contributed by atoms with Crippen LogP contribution < -0.4 is 15.4 Å². The number of methoxy groups -OCH3 is 1. The summed E-state index contributed by atoms with van der Waals surface area (Å²) >= 11 is 0. The number of amides is 3. The van der Waals surface area contributed by atoms with E-state index >= 15 is 0 Å². The van der Waals surface area contributed by atoms with Gasteiger partial charge in [-0.05, 0) is 49.9 Å². The average Bonchev–Trinajstić information content (AvgIpc) is 3.53. The van der Waals surface area contributed by atoms with Crippen LogP contribution in [-0.4, -0.2) is 73.3 Å². The Morgan fingerprint density at radius 1 is 1.16 bits per heavy atom. The number of likely N-dealkylation sites (tertiary alicyclic amines) is 1. The lowest BCUT2D eigenvalue weighted by molar-refractivity contribution is -0.142. The van der Waals surface area contributed by atoms with Crippen molar-refractivity contribution < 1.29 is 28.6 Å². The second-order valence-corrected chi connectivity index (χ2v) is 10.5. The number of carbonyl (C=O) groups excluding carboxylic acids is 3. The van der Waals surface area contributed by atoms with Crippen molar-refractivity contribution in [2.24, 2.45) is 17.8 Å². The Balaban J connectivity index is 1.39. The first kappa shape index (κ1) is 25.7. The molecule has 1 spiro atoms. The van der Waals surface area contributed by atoms with Gasteiger partial charge in [0.25, 0.3) is 0 Å². The molecule has 7 atom stereocenters. The number of rotatable bonds is 9. The number of hydrogen-bond donors (Lipinski definition) is 2. The molecule has 2 bridgehead atoms. The van der Waals surface area contributed by atoms with Crippen LogP contribution in [0, 0.1) is 17.8 Å². The van der Waals surface area contributed by atoms with Crippen LogP contribution in [0.2, 0.25) is 0 Å². The van der Waals surface area contributed by atoms with E-state index in [2.05, 4.69) is 17.6 Å². The van der Waals surface area contributed by atoms with Crippen LogP contribution in [0.3, 0.4) is 0 Å². The van der Waals surface area contributed by atoms with Gasteiger partial charge in [0.2, 0.25) is 17.7 Å². The summed E-state index contributed by atoms with van der Waals surface area (Å²) in [4.78, 5) is 42.7. The summed E-state index contributed by atoms with van der Waals surface area (Å²) in [5.74, 6) is -1.18. The molecule has 5 unspecified atom stereocenters. The Labute approximate surface area is 217 Å². The smallest absolute Gasteiger partial charge is 0.246 e. The van der Waals surface area contributed by atoms with Crippen molar-refractivity contribution in [2.75, 3.05) is 32.2 Å². The molecular formula is C28H37N3O6. The summed E-state index contributed by atoms with van der Waals surface area (Å²) in [6, 6.07) is 6.34. The monoisotopic (exact) mass is 511 g/mol. The van der Waals surface area contributed by atoms with Crippen LogP contribution in [0.15, 0.2) is 36.4 Å². The van der Waals surface area contributed by atoms with Crippen LogP contribution in [0.1, 0.15) is 39.5 Å². The summed E-state index contributed by atoms with van der Waals surface area (Å²) in [6.45, 7) is 5.16. The third kappa shape index (κ3) is 4.52. The first-order chi connectivity index (χ1) is 17.9. The lowest BCUT2D eigenvalue weighted by Crippen LogP contribution is -2.57. The minimum atomic E-state index is -1.17. The standard InChI is InChI=1S/C28H37N3O6/c1-4-36-19-11-9-18(10-12-19)29-25(32)22-21-13-14-28(37-21)23(22)27(34)31(15-16-35-3)24(28)26(33)30-20-8-6-5-7-17(20)2/h9-14,17,20-24H,4-8,15-16H2,1-3H3,(H,29,32)(H,30,33)/t17?,20?,21-,22?,23-,24?,28?/m0/s1. The van der Waals surface area contributed by atoms with E-state index < -0.39 is 29.6 Å². The van der Waals surface area contributed by atoms with Gasteiger partial charge in [0.1, 0.15) is 17.4 Å². The highest BCUT2D eigenvalue weighted by Gasteiger charge is 2.72. The first-order valence-electron chi connectivity index (χ1n) is 13.4. The number of benzene rings is 1. The normalized spacial score (nSPS) is 33.9. The topological polar surface area (TPSA) is 106 Å². The molecule has 0 radical (unpaired) electrons. The average molecular weight is 512 g/mol. The number of hydrogen-bond acceptors (Lipinski definition) is 6. The third-order valence-electron chi connectivity index (χ3n) is 8.33. The Kier molecular flexibility index (Phi) is 7.27. The van der Waals surface area contributed by atoms with Crippen LogP contribution in [-0.2, 0) is 23.9 Å². The number of anilines is 1. The maximum Gasteiger partial charge on any atom is 0.246 e. The van der Waals surface area contributed by atoms with Crippen molar-refractivity contribution in [3.8, 4) is 5.75 Å². The molecule has 3 amide bonds. The highest BCUT2D eigenvalue weighted by molar-refractivity contribution is 6.02. The molecule has 1 aliphatic carbocycles. The quantitative estimate of drug-likeness (QED) is 0.494. The Bertz CT molecular complexity index is 1060. The summed E-state index contributed by atoms with van der Waals surface area (Å²) < 4.78 is 17.1. The molecule has 1 aromatic rings. The van der Waals surface area contributed by atoms with E-state index in [-0.39, 0.29) is 36.9 Å². The maximum atomic E-state index is 13.8. The van der Waals surface area contributed by atoms with E-state index in [1.54, 1.807) is 36.3 Å². The van der Waals surface area contributed by atoms with Gasteiger partial charge in [0.15, 0.2) is 0 Å². The van der Waals surface area contributed by atoms with Crippen LogP contribution in [0.5, 0.6) is 5.75 Å². The molecule has 3 aliphatic heterocycles. The fraction of sp³-hybridized carbons (Fsp3) is 0.607. The van der Waals surface area contributed by atoms with Gasteiger partial charge < -0.3 is 29.7 Å². The van der Waals surface area contributed by atoms with Gasteiger partial charge in [-0.15, -0.1) is 0 Å². The van der Waals surface area contributed by atoms with Gasteiger partial charge >= 0.3 is 0 Å². The van der Waals surface area contributed by atoms with Crippen LogP contribution in [0.25, 0.3) is 0 Å². The zero-order valence-electron chi connectivity index (χ0n) is 21.8.